The number of benzene rings is 1. The van der Waals surface area contributed by atoms with Crippen molar-refractivity contribution in [2.24, 2.45) is 0 Å². The molecule has 0 radical (unpaired) electrons. The van der Waals surface area contributed by atoms with E-state index in [1.54, 1.807) is 29.2 Å². The van der Waals surface area contributed by atoms with Crippen LogP contribution in [0.5, 0.6) is 5.75 Å². The molecule has 0 aliphatic carbocycles. The molecule has 1 saturated heterocycles. The molecule has 0 unspecified atom stereocenters. The normalized spacial score (nSPS) is 16.2. The summed E-state index contributed by atoms with van der Waals surface area (Å²) in [6.45, 7) is 3.41. The van der Waals surface area contributed by atoms with Gasteiger partial charge in [0.2, 0.25) is 5.91 Å². The van der Waals surface area contributed by atoms with E-state index in [0.717, 1.165) is 31.4 Å². The number of likely N-dealkylation sites (tertiary alicyclic amines) is 1. The molecule has 0 saturated carbocycles. The summed E-state index contributed by atoms with van der Waals surface area (Å²) in [6.07, 6.45) is 4.75. The van der Waals surface area contributed by atoms with Gasteiger partial charge in [-0.1, -0.05) is 12.8 Å². The van der Waals surface area contributed by atoms with Crippen LogP contribution in [0.4, 0.5) is 0 Å². The molecule has 1 aromatic rings. The van der Waals surface area contributed by atoms with Crippen molar-refractivity contribution in [3.8, 4) is 5.75 Å². The molecule has 0 aromatic heterocycles. The van der Waals surface area contributed by atoms with E-state index in [-0.39, 0.29) is 18.2 Å². The predicted octanol–water partition coefficient (Wildman–Crippen LogP) is 3.06. The van der Waals surface area contributed by atoms with Gasteiger partial charge in [0.15, 0.2) is 5.78 Å². The maximum atomic E-state index is 12.3. The third kappa shape index (κ3) is 4.59. The standard InChI is InChI=1S/C17H23NO3/c1-2-21-15-10-8-14(9-11-15)16(19)13-18-12-6-4-3-5-7-17(18)20/h8-11H,2-7,12-13H2,1H3. The van der Waals surface area contributed by atoms with Gasteiger partial charge < -0.3 is 9.64 Å². The van der Waals surface area contributed by atoms with Crippen LogP contribution in [0.25, 0.3) is 0 Å². The van der Waals surface area contributed by atoms with Gasteiger partial charge in [-0.15, -0.1) is 0 Å². The summed E-state index contributed by atoms with van der Waals surface area (Å²) in [5.74, 6) is 0.859. The second-order valence-corrected chi connectivity index (χ2v) is 5.36. The lowest BCUT2D eigenvalue weighted by atomic mass is 10.1. The van der Waals surface area contributed by atoms with Crippen LogP contribution < -0.4 is 4.74 Å². The Labute approximate surface area is 126 Å². The van der Waals surface area contributed by atoms with Gasteiger partial charge in [0.25, 0.3) is 0 Å². The van der Waals surface area contributed by atoms with Crippen molar-refractivity contribution in [3.05, 3.63) is 29.8 Å². The number of carbonyl (C=O) groups excluding carboxylic acids is 2. The number of rotatable bonds is 5. The Bertz CT molecular complexity index is 481. The maximum Gasteiger partial charge on any atom is 0.222 e. The minimum absolute atomic E-state index is 0.00743. The smallest absolute Gasteiger partial charge is 0.222 e. The fourth-order valence-electron chi connectivity index (χ4n) is 2.55. The number of carbonyl (C=O) groups is 2. The lowest BCUT2D eigenvalue weighted by molar-refractivity contribution is -0.131. The molecule has 0 spiro atoms. The van der Waals surface area contributed by atoms with Crippen molar-refractivity contribution in [1.29, 1.82) is 0 Å². The summed E-state index contributed by atoms with van der Waals surface area (Å²) < 4.78 is 5.36. The molecule has 0 N–H and O–H groups in total. The minimum Gasteiger partial charge on any atom is -0.494 e. The molecular formula is C17H23NO3. The Balaban J connectivity index is 1.97. The molecule has 1 aliphatic rings. The first-order chi connectivity index (χ1) is 10.2. The Morgan fingerprint density at radius 3 is 2.57 bits per heavy atom. The number of Topliss-reactive ketones (excluding diaryl/α,β-unsaturated/α-hetero) is 1. The van der Waals surface area contributed by atoms with Crippen LogP contribution in [-0.4, -0.2) is 36.3 Å². The van der Waals surface area contributed by atoms with Gasteiger partial charge in [0.05, 0.1) is 13.2 Å². The Morgan fingerprint density at radius 2 is 1.86 bits per heavy atom. The number of hydrogen-bond acceptors (Lipinski definition) is 3. The molecule has 1 heterocycles. The predicted molar refractivity (Wildman–Crippen MR) is 81.6 cm³/mol. The molecule has 4 heteroatoms. The van der Waals surface area contributed by atoms with Crippen molar-refractivity contribution in [2.75, 3.05) is 19.7 Å². The van der Waals surface area contributed by atoms with E-state index in [4.69, 9.17) is 4.74 Å². The zero-order valence-electron chi connectivity index (χ0n) is 12.6. The lowest BCUT2D eigenvalue weighted by Gasteiger charge is -2.24. The van der Waals surface area contributed by atoms with E-state index < -0.39 is 0 Å². The van der Waals surface area contributed by atoms with Crippen LogP contribution in [0.15, 0.2) is 24.3 Å². The van der Waals surface area contributed by atoms with Crippen molar-refractivity contribution in [3.63, 3.8) is 0 Å². The minimum atomic E-state index is -0.00743. The second-order valence-electron chi connectivity index (χ2n) is 5.36. The number of ketones is 1. The highest BCUT2D eigenvalue weighted by molar-refractivity contribution is 5.99. The first kappa shape index (κ1) is 15.5. The Hall–Kier alpha value is -1.84. The highest BCUT2D eigenvalue weighted by Crippen LogP contribution is 2.15. The van der Waals surface area contributed by atoms with E-state index in [2.05, 4.69) is 0 Å². The third-order valence-corrected chi connectivity index (χ3v) is 3.74. The van der Waals surface area contributed by atoms with Crippen LogP contribution in [-0.2, 0) is 4.79 Å². The Morgan fingerprint density at radius 1 is 1.14 bits per heavy atom. The van der Waals surface area contributed by atoms with E-state index in [1.807, 2.05) is 6.92 Å². The Kier molecular flexibility index (Phi) is 5.78. The fourth-order valence-corrected chi connectivity index (χ4v) is 2.55. The second kappa shape index (κ2) is 7.81. The van der Waals surface area contributed by atoms with Gasteiger partial charge in [-0.25, -0.2) is 0 Å². The van der Waals surface area contributed by atoms with E-state index in [1.165, 1.54) is 0 Å². The summed E-state index contributed by atoms with van der Waals surface area (Å²) in [4.78, 5) is 26.0. The summed E-state index contributed by atoms with van der Waals surface area (Å²) in [7, 11) is 0. The summed E-state index contributed by atoms with van der Waals surface area (Å²) in [5, 5.41) is 0. The first-order valence-corrected chi connectivity index (χ1v) is 7.74. The molecule has 0 atom stereocenters. The van der Waals surface area contributed by atoms with Crippen molar-refractivity contribution in [1.82, 2.24) is 4.90 Å². The van der Waals surface area contributed by atoms with E-state index in [9.17, 15) is 9.59 Å². The summed E-state index contributed by atoms with van der Waals surface area (Å²) >= 11 is 0. The van der Waals surface area contributed by atoms with Gasteiger partial charge in [-0.05, 0) is 44.0 Å². The molecule has 21 heavy (non-hydrogen) atoms. The van der Waals surface area contributed by atoms with Gasteiger partial charge in [-0.2, -0.15) is 0 Å². The number of hydrogen-bond donors (Lipinski definition) is 0. The molecule has 1 amide bonds. The topological polar surface area (TPSA) is 46.6 Å². The van der Waals surface area contributed by atoms with Gasteiger partial charge in [-0.3, -0.25) is 9.59 Å². The van der Waals surface area contributed by atoms with Crippen LogP contribution in [0, 0.1) is 0 Å². The number of nitrogens with zero attached hydrogens (tertiary/aromatic N) is 1. The summed E-state index contributed by atoms with van der Waals surface area (Å²) in [6, 6.07) is 7.13. The molecule has 1 aromatic carbocycles. The molecule has 1 fully saturated rings. The highest BCUT2D eigenvalue weighted by atomic mass is 16.5. The molecule has 0 bridgehead atoms. The van der Waals surface area contributed by atoms with Crippen LogP contribution in [0.2, 0.25) is 0 Å². The lowest BCUT2D eigenvalue weighted by Crippen LogP contribution is -2.37. The quantitative estimate of drug-likeness (QED) is 0.783. The molecule has 1 aliphatic heterocycles. The van der Waals surface area contributed by atoms with Gasteiger partial charge in [0.1, 0.15) is 5.75 Å². The van der Waals surface area contributed by atoms with Crippen LogP contribution >= 0.6 is 0 Å². The van der Waals surface area contributed by atoms with E-state index in [0.29, 0.717) is 25.1 Å². The van der Waals surface area contributed by atoms with Crippen LogP contribution in [0.1, 0.15) is 49.4 Å². The zero-order valence-corrected chi connectivity index (χ0v) is 12.6. The molecule has 114 valence electrons. The average molecular weight is 289 g/mol. The van der Waals surface area contributed by atoms with Crippen molar-refractivity contribution in [2.45, 2.75) is 39.0 Å². The first-order valence-electron chi connectivity index (χ1n) is 7.74. The monoisotopic (exact) mass is 289 g/mol. The van der Waals surface area contributed by atoms with Crippen molar-refractivity contribution >= 4 is 11.7 Å². The van der Waals surface area contributed by atoms with Gasteiger partial charge in [0, 0.05) is 18.5 Å². The molecule has 2 rings (SSSR count). The number of amides is 1. The third-order valence-electron chi connectivity index (χ3n) is 3.74. The van der Waals surface area contributed by atoms with Crippen LogP contribution in [0.3, 0.4) is 0 Å². The fraction of sp³-hybridized carbons (Fsp3) is 0.529. The summed E-state index contributed by atoms with van der Waals surface area (Å²) in [5.41, 5.74) is 0.633. The molecule has 4 nitrogen and oxygen atoms in total. The SMILES string of the molecule is CCOc1ccc(C(=O)CN2CCCCCCC2=O)cc1. The highest BCUT2D eigenvalue weighted by Gasteiger charge is 2.19. The largest absolute Gasteiger partial charge is 0.494 e. The zero-order chi connectivity index (χ0) is 15.1. The van der Waals surface area contributed by atoms with E-state index >= 15 is 0 Å². The maximum absolute atomic E-state index is 12.3. The average Bonchev–Trinajstić information content (AvgIpc) is 2.48. The number of ether oxygens (including phenoxy) is 1. The van der Waals surface area contributed by atoms with Gasteiger partial charge >= 0.3 is 0 Å². The van der Waals surface area contributed by atoms with Crippen molar-refractivity contribution < 1.29 is 14.3 Å². The molecular weight excluding hydrogens is 266 g/mol.